The SMILES string of the molecule is COC(=O)c1ccc(Cl)c(NC(=O)c2cc(-c3cccnc3)on2)c1. The normalized spacial score (nSPS) is 10.3. The molecule has 0 radical (unpaired) electrons. The molecular weight excluding hydrogens is 346 g/mol. The van der Waals surface area contributed by atoms with E-state index in [4.69, 9.17) is 16.1 Å². The molecule has 0 aliphatic carbocycles. The molecule has 0 spiro atoms. The van der Waals surface area contributed by atoms with E-state index in [1.807, 2.05) is 0 Å². The summed E-state index contributed by atoms with van der Waals surface area (Å²) in [5.74, 6) is -0.650. The Morgan fingerprint density at radius 2 is 2.08 bits per heavy atom. The molecule has 7 nitrogen and oxygen atoms in total. The van der Waals surface area contributed by atoms with Gasteiger partial charge in [0.25, 0.3) is 5.91 Å². The highest BCUT2D eigenvalue weighted by molar-refractivity contribution is 6.34. The van der Waals surface area contributed by atoms with Crippen molar-refractivity contribution in [2.75, 3.05) is 12.4 Å². The maximum absolute atomic E-state index is 12.3. The van der Waals surface area contributed by atoms with Crippen molar-refractivity contribution >= 4 is 29.2 Å². The Hall–Kier alpha value is -3.19. The number of carbonyl (C=O) groups is 2. The zero-order chi connectivity index (χ0) is 17.8. The summed E-state index contributed by atoms with van der Waals surface area (Å²) in [6.07, 6.45) is 3.22. The summed E-state index contributed by atoms with van der Waals surface area (Å²) in [4.78, 5) is 27.9. The van der Waals surface area contributed by atoms with E-state index in [9.17, 15) is 9.59 Å². The largest absolute Gasteiger partial charge is 0.465 e. The van der Waals surface area contributed by atoms with E-state index >= 15 is 0 Å². The van der Waals surface area contributed by atoms with Crippen LogP contribution in [0.4, 0.5) is 5.69 Å². The topological polar surface area (TPSA) is 94.3 Å². The number of hydrogen-bond donors (Lipinski definition) is 1. The molecule has 0 fully saturated rings. The van der Waals surface area contributed by atoms with E-state index in [0.717, 1.165) is 0 Å². The first-order valence-electron chi connectivity index (χ1n) is 7.15. The molecule has 3 rings (SSSR count). The molecule has 1 N–H and O–H groups in total. The van der Waals surface area contributed by atoms with Gasteiger partial charge in [0.2, 0.25) is 0 Å². The van der Waals surface area contributed by atoms with Gasteiger partial charge in [-0.25, -0.2) is 4.79 Å². The van der Waals surface area contributed by atoms with Gasteiger partial charge in [-0.1, -0.05) is 16.8 Å². The van der Waals surface area contributed by atoms with Crippen molar-refractivity contribution in [2.45, 2.75) is 0 Å². The summed E-state index contributed by atoms with van der Waals surface area (Å²) in [5, 5.41) is 6.61. The Balaban J connectivity index is 1.81. The smallest absolute Gasteiger partial charge is 0.337 e. The Morgan fingerprint density at radius 1 is 1.24 bits per heavy atom. The Kier molecular flexibility index (Phi) is 4.76. The number of benzene rings is 1. The van der Waals surface area contributed by atoms with Crippen LogP contribution < -0.4 is 5.32 Å². The second-order valence-corrected chi connectivity index (χ2v) is 5.37. The quantitative estimate of drug-likeness (QED) is 0.719. The van der Waals surface area contributed by atoms with Crippen molar-refractivity contribution < 1.29 is 18.8 Å². The lowest BCUT2D eigenvalue weighted by atomic mass is 10.2. The third-order valence-electron chi connectivity index (χ3n) is 3.32. The summed E-state index contributed by atoms with van der Waals surface area (Å²) in [6, 6.07) is 9.44. The van der Waals surface area contributed by atoms with E-state index in [-0.39, 0.29) is 22.0 Å². The van der Waals surface area contributed by atoms with Gasteiger partial charge in [0.15, 0.2) is 11.5 Å². The molecule has 8 heteroatoms. The van der Waals surface area contributed by atoms with Gasteiger partial charge >= 0.3 is 5.97 Å². The molecule has 0 atom stereocenters. The molecule has 0 unspecified atom stereocenters. The number of methoxy groups -OCH3 is 1. The van der Waals surface area contributed by atoms with Crippen molar-refractivity contribution in [3.05, 3.63) is 65.1 Å². The molecule has 0 saturated heterocycles. The molecule has 2 aromatic heterocycles. The second-order valence-electron chi connectivity index (χ2n) is 4.96. The maximum Gasteiger partial charge on any atom is 0.337 e. The number of nitrogens with zero attached hydrogens (tertiary/aromatic N) is 2. The Bertz CT molecular complexity index is 925. The monoisotopic (exact) mass is 357 g/mol. The van der Waals surface area contributed by atoms with Crippen LogP contribution >= 0.6 is 11.6 Å². The predicted molar refractivity (Wildman–Crippen MR) is 90.5 cm³/mol. The molecule has 1 amide bonds. The molecule has 25 heavy (non-hydrogen) atoms. The van der Waals surface area contributed by atoms with Gasteiger partial charge in [-0.15, -0.1) is 0 Å². The number of ether oxygens (including phenoxy) is 1. The van der Waals surface area contributed by atoms with Crippen LogP contribution in [0.1, 0.15) is 20.8 Å². The molecule has 1 aromatic carbocycles. The molecule has 0 saturated carbocycles. The predicted octanol–water partition coefficient (Wildman–Crippen LogP) is 3.43. The first-order valence-corrected chi connectivity index (χ1v) is 7.52. The van der Waals surface area contributed by atoms with Crippen molar-refractivity contribution in [3.8, 4) is 11.3 Å². The van der Waals surface area contributed by atoms with Gasteiger partial charge in [-0.2, -0.15) is 0 Å². The summed E-state index contributed by atoms with van der Waals surface area (Å²) >= 11 is 6.06. The number of halogens is 1. The second kappa shape index (κ2) is 7.14. The number of rotatable bonds is 4. The standard InChI is InChI=1S/C17H12ClN3O4/c1-24-17(23)10-4-5-12(18)13(7-10)20-16(22)14-8-15(25-21-14)11-3-2-6-19-9-11/h2-9H,1H3,(H,20,22). The third kappa shape index (κ3) is 3.67. The molecule has 2 heterocycles. The van der Waals surface area contributed by atoms with E-state index in [2.05, 4.69) is 20.2 Å². The fourth-order valence-corrected chi connectivity index (χ4v) is 2.24. The van der Waals surface area contributed by atoms with E-state index in [1.165, 1.54) is 31.4 Å². The lowest BCUT2D eigenvalue weighted by Gasteiger charge is -2.07. The van der Waals surface area contributed by atoms with E-state index in [0.29, 0.717) is 11.3 Å². The highest BCUT2D eigenvalue weighted by Crippen LogP contribution is 2.25. The fraction of sp³-hybridized carbons (Fsp3) is 0.0588. The first kappa shape index (κ1) is 16.7. The highest BCUT2D eigenvalue weighted by atomic mass is 35.5. The summed E-state index contributed by atoms with van der Waals surface area (Å²) in [7, 11) is 1.27. The average molecular weight is 358 g/mol. The van der Waals surface area contributed by atoms with E-state index in [1.54, 1.807) is 24.5 Å². The Morgan fingerprint density at radius 3 is 2.80 bits per heavy atom. The number of nitrogens with one attached hydrogen (secondary N) is 1. The minimum atomic E-state index is -0.535. The number of aromatic nitrogens is 2. The van der Waals surface area contributed by atoms with Crippen LogP contribution in [0.15, 0.2) is 53.3 Å². The number of carbonyl (C=O) groups excluding carboxylic acids is 2. The number of esters is 1. The lowest BCUT2D eigenvalue weighted by Crippen LogP contribution is -2.13. The molecule has 0 bridgehead atoms. The number of hydrogen-bond acceptors (Lipinski definition) is 6. The van der Waals surface area contributed by atoms with Crippen LogP contribution in [-0.2, 0) is 4.74 Å². The van der Waals surface area contributed by atoms with Gasteiger partial charge in [0.05, 0.1) is 23.4 Å². The van der Waals surface area contributed by atoms with Crippen molar-refractivity contribution in [3.63, 3.8) is 0 Å². The maximum atomic E-state index is 12.3. The molecular formula is C17H12ClN3O4. The van der Waals surface area contributed by atoms with Crippen LogP contribution in [0.2, 0.25) is 5.02 Å². The average Bonchev–Trinajstić information content (AvgIpc) is 3.14. The number of pyridine rings is 1. The van der Waals surface area contributed by atoms with Gasteiger partial charge in [-0.3, -0.25) is 9.78 Å². The first-order chi connectivity index (χ1) is 12.1. The summed E-state index contributed by atoms with van der Waals surface area (Å²) in [6.45, 7) is 0. The minimum Gasteiger partial charge on any atom is -0.465 e. The summed E-state index contributed by atoms with van der Waals surface area (Å²) in [5.41, 5.74) is 1.29. The van der Waals surface area contributed by atoms with Crippen molar-refractivity contribution in [1.29, 1.82) is 0 Å². The summed E-state index contributed by atoms with van der Waals surface area (Å²) < 4.78 is 9.81. The third-order valence-corrected chi connectivity index (χ3v) is 3.65. The minimum absolute atomic E-state index is 0.0680. The fourth-order valence-electron chi connectivity index (χ4n) is 2.08. The van der Waals surface area contributed by atoms with Crippen LogP contribution in [0.5, 0.6) is 0 Å². The van der Waals surface area contributed by atoms with Gasteiger partial charge in [0, 0.05) is 24.0 Å². The number of amides is 1. The zero-order valence-corrected chi connectivity index (χ0v) is 13.8. The van der Waals surface area contributed by atoms with Crippen molar-refractivity contribution in [2.24, 2.45) is 0 Å². The lowest BCUT2D eigenvalue weighted by molar-refractivity contribution is 0.0600. The Labute approximate surface area is 147 Å². The zero-order valence-electron chi connectivity index (χ0n) is 13.0. The van der Waals surface area contributed by atoms with Gasteiger partial charge in [0.1, 0.15) is 0 Å². The molecule has 126 valence electrons. The van der Waals surface area contributed by atoms with Gasteiger partial charge in [-0.05, 0) is 30.3 Å². The van der Waals surface area contributed by atoms with Crippen LogP contribution in [0.25, 0.3) is 11.3 Å². The van der Waals surface area contributed by atoms with Crippen LogP contribution in [0.3, 0.4) is 0 Å². The van der Waals surface area contributed by atoms with Crippen molar-refractivity contribution in [1.82, 2.24) is 10.1 Å². The van der Waals surface area contributed by atoms with Crippen LogP contribution in [-0.4, -0.2) is 29.1 Å². The molecule has 0 aliphatic heterocycles. The van der Waals surface area contributed by atoms with E-state index < -0.39 is 11.9 Å². The van der Waals surface area contributed by atoms with Gasteiger partial charge < -0.3 is 14.6 Å². The molecule has 0 aliphatic rings. The number of anilines is 1. The van der Waals surface area contributed by atoms with Crippen LogP contribution in [0, 0.1) is 0 Å². The highest BCUT2D eigenvalue weighted by Gasteiger charge is 2.16. The molecule has 3 aromatic rings.